The summed E-state index contributed by atoms with van der Waals surface area (Å²) in [6.45, 7) is 0. The molecular formula is Cd2In2S5. The fourth-order valence-corrected chi connectivity index (χ4v) is 0. The molecule has 0 atom stereocenters. The van der Waals surface area contributed by atoms with E-state index in [2.05, 4.69) is 0 Å². The van der Waals surface area contributed by atoms with Gasteiger partial charge in [0.05, 0.1) is 0 Å². The molecule has 0 heterocycles. The number of rotatable bonds is 0. The molecule has 0 aliphatic rings. The van der Waals surface area contributed by atoms with Crippen LogP contribution in [0.1, 0.15) is 0 Å². The van der Waals surface area contributed by atoms with Gasteiger partial charge < -0.3 is 67.5 Å². The third kappa shape index (κ3) is 60.2. The van der Waals surface area contributed by atoms with Crippen LogP contribution in [-0.2, 0) is 122 Å². The second-order valence-electron chi connectivity index (χ2n) is 0. The molecule has 0 bridgehead atoms. The maximum absolute atomic E-state index is 0. The molecule has 0 aliphatic carbocycles. The largest absolute Gasteiger partial charge is 3.00 e. The molecule has 9 heteroatoms. The summed E-state index contributed by atoms with van der Waals surface area (Å²) in [5.74, 6) is 0. The minimum Gasteiger partial charge on any atom is -2.00 e. The zero-order valence-corrected chi connectivity index (χ0v) is 23.4. The Morgan fingerprint density at radius 2 is 0.333 bits per heavy atom. The zero-order valence-electron chi connectivity index (χ0n) is 4.61. The summed E-state index contributed by atoms with van der Waals surface area (Å²) in [6.07, 6.45) is 0. The van der Waals surface area contributed by atoms with E-state index in [1.54, 1.807) is 0 Å². The summed E-state index contributed by atoms with van der Waals surface area (Å²) in [5.41, 5.74) is 0. The first kappa shape index (κ1) is 89.6. The Kier molecular flexibility index (Phi) is 709. The predicted octanol–water partition coefficient (Wildman–Crippen LogP) is -0.779. The smallest absolute Gasteiger partial charge is 2.00 e. The fourth-order valence-electron chi connectivity index (χ4n) is 0. The summed E-state index contributed by atoms with van der Waals surface area (Å²) < 4.78 is 0. The summed E-state index contributed by atoms with van der Waals surface area (Å²) in [6, 6.07) is 0. The Hall–Kier alpha value is 5.33. The minimum atomic E-state index is 0. The Morgan fingerprint density at radius 3 is 0.333 bits per heavy atom. The number of hydrogen-bond acceptors (Lipinski definition) is 0. The molecule has 0 rings (SSSR count). The molecule has 9 heavy (non-hydrogen) atoms. The van der Waals surface area contributed by atoms with Gasteiger partial charge in [-0.3, -0.25) is 0 Å². The van der Waals surface area contributed by atoms with Gasteiger partial charge in [0.1, 0.15) is 0 Å². The van der Waals surface area contributed by atoms with E-state index >= 15 is 0 Å². The van der Waals surface area contributed by atoms with Crippen LogP contribution in [0.3, 0.4) is 0 Å². The van der Waals surface area contributed by atoms with Crippen molar-refractivity contribution < 1.29 is 54.6 Å². The van der Waals surface area contributed by atoms with Gasteiger partial charge in [-0.2, -0.15) is 0 Å². The van der Waals surface area contributed by atoms with Crippen LogP contribution in [0.25, 0.3) is 0 Å². The molecule has 0 aliphatic heterocycles. The molecule has 0 aromatic carbocycles. The van der Waals surface area contributed by atoms with Crippen molar-refractivity contribution in [3.63, 3.8) is 0 Å². The van der Waals surface area contributed by atoms with Crippen LogP contribution < -0.4 is 0 Å². The Morgan fingerprint density at radius 1 is 0.333 bits per heavy atom. The molecule has 0 saturated carbocycles. The molecule has 0 aromatic rings. The molecule has 0 N–H and O–H groups in total. The molecule has 0 amide bonds. The molecule has 0 nitrogen and oxygen atoms in total. The molecule has 0 saturated heterocycles. The first-order valence-electron chi connectivity index (χ1n) is 0. The first-order chi connectivity index (χ1) is 0. The van der Waals surface area contributed by atoms with Crippen LogP contribution in [0.4, 0.5) is 0 Å². The molecule has 0 fully saturated rings. The van der Waals surface area contributed by atoms with Gasteiger partial charge in [-0.15, -0.1) is 0 Å². The van der Waals surface area contributed by atoms with Gasteiger partial charge in [-0.05, 0) is 0 Å². The predicted molar refractivity (Wildman–Crippen MR) is 48.3 cm³/mol. The molecular weight excluding hydrogens is 615 g/mol. The van der Waals surface area contributed by atoms with E-state index in [0.717, 1.165) is 0 Å². The van der Waals surface area contributed by atoms with Gasteiger partial charge in [0.2, 0.25) is 0 Å². The van der Waals surface area contributed by atoms with Crippen LogP contribution in [0, 0.1) is 0 Å². The minimum absolute atomic E-state index is 0. The quantitative estimate of drug-likeness (QED) is 0.315. The van der Waals surface area contributed by atoms with Crippen molar-refractivity contribution >= 4 is 119 Å². The average molecular weight is 615 g/mol. The summed E-state index contributed by atoms with van der Waals surface area (Å²) in [5, 5.41) is 0. The molecule has 0 spiro atoms. The SMILES string of the molecule is [Cd+2].[Cd+2].[In+3].[In+3].[S-2].[S-2].[S-2].[S-2].[S-2]. The van der Waals surface area contributed by atoms with Crippen LogP contribution in [0.15, 0.2) is 0 Å². The monoisotopic (exact) mass is 617 g/mol. The Balaban J connectivity index is 0. The van der Waals surface area contributed by atoms with Crippen molar-refractivity contribution in [2.24, 2.45) is 0 Å². The maximum Gasteiger partial charge on any atom is 3.00 e. The van der Waals surface area contributed by atoms with E-state index < -0.39 is 0 Å². The molecule has 0 radical (unpaired) electrons. The summed E-state index contributed by atoms with van der Waals surface area (Å²) in [4.78, 5) is 0. The van der Waals surface area contributed by atoms with Crippen molar-refractivity contribution in [3.8, 4) is 0 Å². The van der Waals surface area contributed by atoms with E-state index in [0.29, 0.717) is 0 Å². The van der Waals surface area contributed by atoms with Crippen molar-refractivity contribution in [3.05, 3.63) is 0 Å². The van der Waals surface area contributed by atoms with Crippen molar-refractivity contribution in [1.82, 2.24) is 0 Å². The van der Waals surface area contributed by atoms with Crippen LogP contribution in [0.5, 0.6) is 0 Å². The number of hydrogen-bond donors (Lipinski definition) is 0. The Labute approximate surface area is 170 Å². The topological polar surface area (TPSA) is 0 Å². The van der Waals surface area contributed by atoms with E-state index in [-0.39, 0.29) is 174 Å². The first-order valence-corrected chi connectivity index (χ1v) is 0. The standard InChI is InChI=1S/2Cd.2In.5S/q2*+2;2*+3;5*-2. The zero-order chi connectivity index (χ0) is 0. The second kappa shape index (κ2) is 71.3. The summed E-state index contributed by atoms with van der Waals surface area (Å²) in [7, 11) is 0. The van der Waals surface area contributed by atoms with Crippen LogP contribution in [-0.4, -0.2) is 51.7 Å². The average Bonchev–Trinajstić information content (AvgIpc) is 0. The van der Waals surface area contributed by atoms with Crippen molar-refractivity contribution in [1.29, 1.82) is 0 Å². The van der Waals surface area contributed by atoms with E-state index in [9.17, 15) is 0 Å². The normalized spacial score (nSPS) is 0. The van der Waals surface area contributed by atoms with Gasteiger partial charge in [-0.25, -0.2) is 0 Å². The van der Waals surface area contributed by atoms with Gasteiger partial charge in [0.25, 0.3) is 0 Å². The van der Waals surface area contributed by atoms with Crippen molar-refractivity contribution in [2.75, 3.05) is 0 Å². The maximum atomic E-state index is 0. The van der Waals surface area contributed by atoms with Gasteiger partial charge in [-0.1, -0.05) is 0 Å². The van der Waals surface area contributed by atoms with Crippen molar-refractivity contribution in [2.45, 2.75) is 0 Å². The molecule has 0 aromatic heterocycles. The van der Waals surface area contributed by atoms with Crippen LogP contribution in [0.2, 0.25) is 0 Å². The van der Waals surface area contributed by atoms with Gasteiger partial charge >= 0.3 is 106 Å². The van der Waals surface area contributed by atoms with E-state index in [1.165, 1.54) is 0 Å². The van der Waals surface area contributed by atoms with E-state index in [1.807, 2.05) is 0 Å². The molecule has 0 unspecified atom stereocenters. The fraction of sp³-hybridized carbons (Fsp3) is 0. The summed E-state index contributed by atoms with van der Waals surface area (Å²) >= 11 is 0. The molecule has 40 valence electrons. The second-order valence-corrected chi connectivity index (χ2v) is 0. The Bertz CT molecular complexity index is 12.9. The third-order valence-electron chi connectivity index (χ3n) is 0. The third-order valence-corrected chi connectivity index (χ3v) is 0. The van der Waals surface area contributed by atoms with Gasteiger partial charge in [0.15, 0.2) is 0 Å². The van der Waals surface area contributed by atoms with E-state index in [4.69, 9.17) is 0 Å². The van der Waals surface area contributed by atoms with Gasteiger partial charge in [0, 0.05) is 0 Å². The van der Waals surface area contributed by atoms with Crippen LogP contribution >= 0.6 is 0 Å².